The summed E-state index contributed by atoms with van der Waals surface area (Å²) in [6.07, 6.45) is -0.504. The van der Waals surface area contributed by atoms with Crippen molar-refractivity contribution in [2.24, 2.45) is 5.92 Å². The Bertz CT molecular complexity index is 1040. The van der Waals surface area contributed by atoms with Crippen LogP contribution in [-0.4, -0.2) is 81.6 Å². The Morgan fingerprint density at radius 1 is 1.25 bits per heavy atom. The van der Waals surface area contributed by atoms with Gasteiger partial charge in [-0.15, -0.1) is 11.3 Å². The Labute approximate surface area is 194 Å². The van der Waals surface area contributed by atoms with Gasteiger partial charge in [0.2, 0.25) is 0 Å². The molecule has 10 heteroatoms. The van der Waals surface area contributed by atoms with Gasteiger partial charge in [-0.2, -0.15) is 4.31 Å². The van der Waals surface area contributed by atoms with Crippen LogP contribution in [0.1, 0.15) is 24.2 Å². The quantitative estimate of drug-likeness (QED) is 0.653. The van der Waals surface area contributed by atoms with Crippen LogP contribution < -0.4 is 9.64 Å². The molecule has 32 heavy (non-hydrogen) atoms. The highest BCUT2D eigenvalue weighted by Crippen LogP contribution is 2.36. The summed E-state index contributed by atoms with van der Waals surface area (Å²) in [5, 5.41) is 11.5. The number of para-hydroxylation sites is 1. The first-order valence-electron chi connectivity index (χ1n) is 10.5. The molecule has 0 saturated heterocycles. The van der Waals surface area contributed by atoms with Crippen LogP contribution in [0.15, 0.2) is 39.9 Å². The van der Waals surface area contributed by atoms with Crippen LogP contribution in [0.5, 0.6) is 5.75 Å². The number of likely N-dealkylation sites (N-methyl/N-ethyl adjacent to an activating group) is 1. The van der Waals surface area contributed by atoms with Crippen molar-refractivity contribution in [3.05, 3.63) is 41.3 Å². The minimum absolute atomic E-state index is 0.123. The molecule has 0 spiro atoms. The van der Waals surface area contributed by atoms with Gasteiger partial charge >= 0.3 is 0 Å². The second kappa shape index (κ2) is 9.78. The van der Waals surface area contributed by atoms with E-state index in [0.717, 1.165) is 5.69 Å². The summed E-state index contributed by atoms with van der Waals surface area (Å²) < 4.78 is 34.0. The van der Waals surface area contributed by atoms with E-state index in [-0.39, 0.29) is 35.2 Å². The first-order chi connectivity index (χ1) is 15.1. The zero-order valence-electron chi connectivity index (χ0n) is 19.1. The number of aliphatic hydroxyl groups is 1. The van der Waals surface area contributed by atoms with Crippen molar-refractivity contribution < 1.29 is 23.1 Å². The largest absolute Gasteiger partial charge is 0.486 e. The monoisotopic (exact) mass is 481 g/mol. The minimum Gasteiger partial charge on any atom is -0.486 e. The number of hydrogen-bond acceptors (Lipinski definition) is 7. The predicted molar refractivity (Wildman–Crippen MR) is 126 cm³/mol. The lowest BCUT2D eigenvalue weighted by Gasteiger charge is -2.38. The number of rotatable bonds is 7. The molecule has 0 bridgehead atoms. The number of anilines is 1. The van der Waals surface area contributed by atoms with E-state index in [1.165, 1.54) is 15.6 Å². The summed E-state index contributed by atoms with van der Waals surface area (Å²) in [4.78, 5) is 16.9. The van der Waals surface area contributed by atoms with Gasteiger partial charge in [-0.05, 0) is 30.5 Å². The average molecular weight is 482 g/mol. The molecular formula is C22H31N3O5S2. The van der Waals surface area contributed by atoms with Crippen LogP contribution in [0, 0.1) is 5.92 Å². The van der Waals surface area contributed by atoms with Gasteiger partial charge in [-0.3, -0.25) is 4.79 Å². The topological polar surface area (TPSA) is 90.4 Å². The molecule has 1 N–H and O–H groups in total. The van der Waals surface area contributed by atoms with Crippen molar-refractivity contribution in [3.63, 3.8) is 0 Å². The summed E-state index contributed by atoms with van der Waals surface area (Å²) in [7, 11) is 1.62. The first-order valence-corrected chi connectivity index (χ1v) is 12.8. The lowest BCUT2D eigenvalue weighted by molar-refractivity contribution is 0.0388. The molecule has 0 saturated carbocycles. The second-order valence-corrected chi connectivity index (χ2v) is 11.6. The fraction of sp³-hybridized carbons (Fsp3) is 0.500. The first kappa shape index (κ1) is 24.5. The van der Waals surface area contributed by atoms with Crippen LogP contribution >= 0.6 is 11.3 Å². The molecule has 2 heterocycles. The van der Waals surface area contributed by atoms with Crippen molar-refractivity contribution in [3.8, 4) is 5.75 Å². The summed E-state index contributed by atoms with van der Waals surface area (Å²) >= 11 is 1.17. The van der Waals surface area contributed by atoms with E-state index in [2.05, 4.69) is 0 Å². The number of carbonyl (C=O) groups is 1. The fourth-order valence-corrected chi connectivity index (χ4v) is 6.10. The van der Waals surface area contributed by atoms with Crippen molar-refractivity contribution in [1.82, 2.24) is 9.21 Å². The van der Waals surface area contributed by atoms with E-state index < -0.39 is 16.1 Å². The Balaban J connectivity index is 2.03. The van der Waals surface area contributed by atoms with E-state index in [1.807, 2.05) is 32.0 Å². The highest BCUT2D eigenvalue weighted by atomic mass is 32.2. The average Bonchev–Trinajstić information content (AvgIpc) is 3.30. The van der Waals surface area contributed by atoms with Gasteiger partial charge in [-0.25, -0.2) is 8.42 Å². The third-order valence-electron chi connectivity index (χ3n) is 5.75. The molecule has 2 aromatic rings. The normalized spacial score (nSPS) is 20.3. The molecular weight excluding hydrogens is 450 g/mol. The molecule has 1 aliphatic heterocycles. The third-order valence-corrected chi connectivity index (χ3v) is 8.95. The SMILES string of the molecule is C[C@@H]1CN([C@@H](C)CO)C(=O)c2cccc(N(C)C)c2O[C@@H]1CN(C)S(=O)(=O)c1cccs1. The number of nitrogens with zero attached hydrogens (tertiary/aromatic N) is 3. The van der Waals surface area contributed by atoms with E-state index in [4.69, 9.17) is 4.74 Å². The maximum atomic E-state index is 13.4. The second-order valence-electron chi connectivity index (χ2n) is 8.39. The number of thiophene rings is 1. The van der Waals surface area contributed by atoms with Gasteiger partial charge in [0.1, 0.15) is 10.3 Å². The standard InChI is InChI=1S/C22H31N3O5S2/c1-15-12-25(16(2)14-26)22(27)17-8-6-9-18(23(3)4)21(17)30-19(15)13-24(5)32(28,29)20-10-7-11-31-20/h6-11,15-16,19,26H,12-14H2,1-5H3/t15-,16+,19-/m1/s1. The Hall–Kier alpha value is -2.14. The van der Waals surface area contributed by atoms with Gasteiger partial charge in [-0.1, -0.05) is 19.1 Å². The van der Waals surface area contributed by atoms with Crippen LogP contribution in [0.25, 0.3) is 0 Å². The molecule has 3 atom stereocenters. The lowest BCUT2D eigenvalue weighted by atomic mass is 9.99. The molecule has 0 fully saturated rings. The van der Waals surface area contributed by atoms with Gasteiger partial charge in [0, 0.05) is 33.6 Å². The lowest BCUT2D eigenvalue weighted by Crippen LogP contribution is -2.50. The Morgan fingerprint density at radius 3 is 2.56 bits per heavy atom. The van der Waals surface area contributed by atoms with Crippen molar-refractivity contribution in [2.45, 2.75) is 30.2 Å². The molecule has 0 aliphatic carbocycles. The van der Waals surface area contributed by atoms with E-state index >= 15 is 0 Å². The predicted octanol–water partition coefficient (Wildman–Crippen LogP) is 2.35. The number of ether oxygens (including phenoxy) is 1. The molecule has 1 aliphatic rings. The highest BCUT2D eigenvalue weighted by molar-refractivity contribution is 7.91. The zero-order valence-corrected chi connectivity index (χ0v) is 20.7. The zero-order chi connectivity index (χ0) is 23.6. The summed E-state index contributed by atoms with van der Waals surface area (Å²) in [6, 6.07) is 8.28. The van der Waals surface area contributed by atoms with Gasteiger partial charge < -0.3 is 19.6 Å². The number of amides is 1. The van der Waals surface area contributed by atoms with E-state index in [9.17, 15) is 18.3 Å². The molecule has 3 rings (SSSR count). The maximum Gasteiger partial charge on any atom is 0.258 e. The number of aliphatic hydroxyl groups excluding tert-OH is 1. The number of fused-ring (bicyclic) bond motifs is 1. The van der Waals surface area contributed by atoms with E-state index in [1.54, 1.807) is 48.5 Å². The van der Waals surface area contributed by atoms with Crippen LogP contribution in [0.3, 0.4) is 0 Å². The Kier molecular flexibility index (Phi) is 7.49. The molecule has 0 radical (unpaired) electrons. The molecule has 176 valence electrons. The van der Waals surface area contributed by atoms with Crippen LogP contribution in [0.4, 0.5) is 5.69 Å². The molecule has 1 aromatic heterocycles. The Morgan fingerprint density at radius 2 is 1.97 bits per heavy atom. The van der Waals surface area contributed by atoms with Crippen LogP contribution in [-0.2, 0) is 10.0 Å². The number of benzene rings is 1. The van der Waals surface area contributed by atoms with Crippen molar-refractivity contribution in [2.75, 3.05) is 45.7 Å². The van der Waals surface area contributed by atoms with Crippen LogP contribution in [0.2, 0.25) is 0 Å². The summed E-state index contributed by atoms with van der Waals surface area (Å²) in [5.41, 5.74) is 1.13. The maximum absolute atomic E-state index is 13.4. The van der Waals surface area contributed by atoms with E-state index in [0.29, 0.717) is 17.9 Å². The highest BCUT2D eigenvalue weighted by Gasteiger charge is 2.36. The molecule has 1 aromatic carbocycles. The van der Waals surface area contributed by atoms with Gasteiger partial charge in [0.05, 0.1) is 30.4 Å². The minimum atomic E-state index is -3.65. The number of carbonyl (C=O) groups excluding carboxylic acids is 1. The number of sulfonamides is 1. The van der Waals surface area contributed by atoms with Crippen molar-refractivity contribution >= 4 is 33.0 Å². The molecule has 8 nitrogen and oxygen atoms in total. The van der Waals surface area contributed by atoms with Gasteiger partial charge in [0.25, 0.3) is 15.9 Å². The molecule has 0 unspecified atom stereocenters. The molecule has 1 amide bonds. The third kappa shape index (κ3) is 4.78. The van der Waals surface area contributed by atoms with Gasteiger partial charge in [0.15, 0.2) is 5.75 Å². The smallest absolute Gasteiger partial charge is 0.258 e. The summed E-state index contributed by atoms with van der Waals surface area (Å²) in [5.74, 6) is 0.0310. The van der Waals surface area contributed by atoms with Crippen molar-refractivity contribution in [1.29, 1.82) is 0 Å². The summed E-state index contributed by atoms with van der Waals surface area (Å²) in [6.45, 7) is 4.02. The number of hydrogen-bond donors (Lipinski definition) is 1. The fourth-order valence-electron chi connectivity index (χ4n) is 3.71.